The zero-order chi connectivity index (χ0) is 20.3. The Morgan fingerprint density at radius 1 is 1.36 bits per heavy atom. The molecule has 28 heavy (non-hydrogen) atoms. The lowest BCUT2D eigenvalue weighted by atomic mass is 10.1. The summed E-state index contributed by atoms with van der Waals surface area (Å²) in [6, 6.07) is 10.0. The van der Waals surface area contributed by atoms with Crippen LogP contribution >= 0.6 is 11.6 Å². The fraction of sp³-hybridized carbons (Fsp3) is 0.211. The van der Waals surface area contributed by atoms with Gasteiger partial charge in [0.05, 0.1) is 22.8 Å². The van der Waals surface area contributed by atoms with Crippen molar-refractivity contribution in [1.29, 1.82) is 5.26 Å². The number of ketones is 1. The Hall–Kier alpha value is -3.44. The molecule has 1 N–H and O–H groups in total. The summed E-state index contributed by atoms with van der Waals surface area (Å²) in [5, 5.41) is 20.2. The van der Waals surface area contributed by atoms with Gasteiger partial charge in [-0.2, -0.15) is 10.4 Å². The number of rotatable bonds is 6. The van der Waals surface area contributed by atoms with E-state index in [1.807, 2.05) is 19.1 Å². The molecule has 3 rings (SSSR count). The molecule has 1 atom stereocenters. The Labute approximate surface area is 165 Å². The molecule has 1 aromatic carbocycles. The minimum absolute atomic E-state index is 0.0376. The number of carbonyl (C=O) groups excluding carboxylic acids is 2. The monoisotopic (exact) mass is 397 g/mol. The fourth-order valence-electron chi connectivity index (χ4n) is 2.55. The van der Waals surface area contributed by atoms with Gasteiger partial charge in [-0.05, 0) is 25.1 Å². The van der Waals surface area contributed by atoms with Crippen LogP contribution in [0.25, 0.3) is 11.3 Å². The van der Waals surface area contributed by atoms with Gasteiger partial charge in [-0.25, -0.2) is 0 Å². The highest BCUT2D eigenvalue weighted by atomic mass is 35.5. The van der Waals surface area contributed by atoms with Crippen molar-refractivity contribution < 1.29 is 14.1 Å². The maximum Gasteiger partial charge on any atom is 0.273 e. The third-order valence-electron chi connectivity index (χ3n) is 3.95. The molecule has 0 aliphatic carbocycles. The molecule has 3 aromatic rings. The summed E-state index contributed by atoms with van der Waals surface area (Å²) in [6.07, 6.45) is 1.79. The average Bonchev–Trinajstić information content (AvgIpc) is 3.31. The lowest BCUT2D eigenvalue weighted by Gasteiger charge is -2.12. The largest absolute Gasteiger partial charge is 0.352 e. The average molecular weight is 398 g/mol. The van der Waals surface area contributed by atoms with Crippen LogP contribution in [0, 0.1) is 11.3 Å². The van der Waals surface area contributed by atoms with Crippen molar-refractivity contribution in [3.63, 3.8) is 0 Å². The van der Waals surface area contributed by atoms with Gasteiger partial charge in [0.2, 0.25) is 5.76 Å². The molecule has 8 nitrogen and oxygen atoms in total. The number of hydrogen-bond donors (Lipinski definition) is 1. The fourth-order valence-corrected chi connectivity index (χ4v) is 2.78. The molecule has 9 heteroatoms. The first-order valence-corrected chi connectivity index (χ1v) is 8.77. The Balaban J connectivity index is 1.64. The number of nitrogens with one attached hydrogen (secondary N) is 1. The number of benzene rings is 1. The maximum absolute atomic E-state index is 12.2. The topological polar surface area (TPSA) is 114 Å². The summed E-state index contributed by atoms with van der Waals surface area (Å²) in [6.45, 7) is 3.58. The van der Waals surface area contributed by atoms with E-state index in [1.54, 1.807) is 29.1 Å². The molecule has 0 radical (unpaired) electrons. The van der Waals surface area contributed by atoms with Gasteiger partial charge >= 0.3 is 0 Å². The summed E-state index contributed by atoms with van der Waals surface area (Å²) in [4.78, 5) is 23.4. The third kappa shape index (κ3) is 4.27. The van der Waals surface area contributed by atoms with E-state index in [0.29, 0.717) is 22.8 Å². The standard InChI is InChI=1S/C19H16ClN5O3/c1-11(22-19(27)17-8-18(12(2)26)28-24-17)10-25-6-5-16(23-25)13-3-4-14(9-21)15(20)7-13/h3-8,11H,10H2,1-2H3,(H,22,27). The highest BCUT2D eigenvalue weighted by molar-refractivity contribution is 6.32. The van der Waals surface area contributed by atoms with E-state index in [0.717, 1.165) is 5.56 Å². The van der Waals surface area contributed by atoms with Crippen LogP contribution < -0.4 is 5.32 Å². The molecule has 0 aliphatic heterocycles. The Morgan fingerprint density at radius 2 is 2.14 bits per heavy atom. The number of amides is 1. The van der Waals surface area contributed by atoms with Crippen molar-refractivity contribution in [3.8, 4) is 17.3 Å². The number of nitriles is 1. The molecule has 0 aliphatic rings. The Kier molecular flexibility index (Phi) is 5.57. The molecular weight excluding hydrogens is 382 g/mol. The van der Waals surface area contributed by atoms with Crippen LogP contribution in [0.4, 0.5) is 0 Å². The van der Waals surface area contributed by atoms with Crippen LogP contribution in [0.5, 0.6) is 0 Å². The van der Waals surface area contributed by atoms with Crippen LogP contribution in [0.15, 0.2) is 41.1 Å². The Morgan fingerprint density at radius 3 is 2.79 bits per heavy atom. The smallest absolute Gasteiger partial charge is 0.273 e. The summed E-state index contributed by atoms with van der Waals surface area (Å²) in [7, 11) is 0. The van der Waals surface area contributed by atoms with Crippen molar-refractivity contribution in [2.75, 3.05) is 0 Å². The Bertz CT molecular complexity index is 1080. The summed E-state index contributed by atoms with van der Waals surface area (Å²) < 4.78 is 6.51. The molecular formula is C19H16ClN5O3. The molecule has 0 spiro atoms. The number of carbonyl (C=O) groups is 2. The van der Waals surface area contributed by atoms with E-state index in [2.05, 4.69) is 15.6 Å². The second kappa shape index (κ2) is 8.06. The van der Waals surface area contributed by atoms with Gasteiger partial charge in [-0.1, -0.05) is 22.8 Å². The first kappa shape index (κ1) is 19.3. The van der Waals surface area contributed by atoms with Crippen molar-refractivity contribution >= 4 is 23.3 Å². The number of aromatic nitrogens is 3. The van der Waals surface area contributed by atoms with Crippen LogP contribution in [0.3, 0.4) is 0 Å². The molecule has 0 saturated carbocycles. The van der Waals surface area contributed by atoms with Gasteiger partial charge in [0.25, 0.3) is 5.91 Å². The van der Waals surface area contributed by atoms with Gasteiger partial charge in [-0.15, -0.1) is 0 Å². The van der Waals surface area contributed by atoms with Crippen LogP contribution in [-0.2, 0) is 6.54 Å². The zero-order valence-electron chi connectivity index (χ0n) is 15.1. The van der Waals surface area contributed by atoms with E-state index in [1.165, 1.54) is 13.0 Å². The van der Waals surface area contributed by atoms with Gasteiger partial charge in [-0.3, -0.25) is 14.3 Å². The lowest BCUT2D eigenvalue weighted by molar-refractivity contribution is 0.0922. The van der Waals surface area contributed by atoms with Gasteiger partial charge in [0.15, 0.2) is 11.5 Å². The predicted molar refractivity (Wildman–Crippen MR) is 101 cm³/mol. The maximum atomic E-state index is 12.2. The highest BCUT2D eigenvalue weighted by Crippen LogP contribution is 2.24. The van der Waals surface area contributed by atoms with Gasteiger partial charge < -0.3 is 9.84 Å². The third-order valence-corrected chi connectivity index (χ3v) is 4.27. The first-order chi connectivity index (χ1) is 13.4. The van der Waals surface area contributed by atoms with Crippen molar-refractivity contribution in [1.82, 2.24) is 20.3 Å². The predicted octanol–water partition coefficient (Wildman–Crippen LogP) is 3.08. The summed E-state index contributed by atoms with van der Waals surface area (Å²) in [5.74, 6) is -0.697. The van der Waals surface area contributed by atoms with Crippen molar-refractivity contribution in [3.05, 3.63) is 58.6 Å². The van der Waals surface area contributed by atoms with Gasteiger partial charge in [0.1, 0.15) is 6.07 Å². The van der Waals surface area contributed by atoms with Crippen LogP contribution in [-0.4, -0.2) is 32.7 Å². The zero-order valence-corrected chi connectivity index (χ0v) is 15.9. The SMILES string of the molecule is CC(=O)c1cc(C(=O)NC(C)Cn2ccc(-c3ccc(C#N)c(Cl)c3)n2)no1. The summed E-state index contributed by atoms with van der Waals surface area (Å²) in [5.41, 5.74) is 1.94. The lowest BCUT2D eigenvalue weighted by Crippen LogP contribution is -2.36. The van der Waals surface area contributed by atoms with Crippen LogP contribution in [0.2, 0.25) is 5.02 Å². The molecule has 0 saturated heterocycles. The van der Waals surface area contributed by atoms with E-state index < -0.39 is 5.91 Å². The normalized spacial score (nSPS) is 11.6. The number of Topliss-reactive ketones (excluding diaryl/α,β-unsaturated/α-hetero) is 1. The minimum atomic E-state index is -0.435. The minimum Gasteiger partial charge on any atom is -0.352 e. The second-order valence-corrected chi connectivity index (χ2v) is 6.64. The number of nitrogens with zero attached hydrogens (tertiary/aromatic N) is 4. The molecule has 2 heterocycles. The molecule has 2 aromatic heterocycles. The molecule has 0 bridgehead atoms. The van der Waals surface area contributed by atoms with E-state index in [9.17, 15) is 9.59 Å². The van der Waals surface area contributed by atoms with Crippen molar-refractivity contribution in [2.24, 2.45) is 0 Å². The number of halogens is 1. The van der Waals surface area contributed by atoms with E-state index in [-0.39, 0.29) is 23.3 Å². The first-order valence-electron chi connectivity index (χ1n) is 8.39. The highest BCUT2D eigenvalue weighted by Gasteiger charge is 2.17. The molecule has 142 valence electrons. The molecule has 1 unspecified atom stereocenters. The summed E-state index contributed by atoms with van der Waals surface area (Å²) >= 11 is 6.07. The molecule has 0 fully saturated rings. The molecule has 1 amide bonds. The quantitative estimate of drug-likeness (QED) is 0.639. The number of hydrogen-bond acceptors (Lipinski definition) is 6. The second-order valence-electron chi connectivity index (χ2n) is 6.24. The van der Waals surface area contributed by atoms with Gasteiger partial charge in [0, 0.05) is 30.8 Å². The van der Waals surface area contributed by atoms with E-state index >= 15 is 0 Å². The van der Waals surface area contributed by atoms with E-state index in [4.69, 9.17) is 21.4 Å². The van der Waals surface area contributed by atoms with Crippen LogP contribution in [0.1, 0.15) is 40.5 Å². The van der Waals surface area contributed by atoms with Crippen molar-refractivity contribution in [2.45, 2.75) is 26.4 Å².